The van der Waals surface area contributed by atoms with Crippen molar-refractivity contribution in [3.63, 3.8) is 0 Å². The van der Waals surface area contributed by atoms with E-state index >= 15 is 0 Å². The number of nitrogens with two attached hydrogens (primary N) is 1. The molecule has 192 valence electrons. The van der Waals surface area contributed by atoms with Gasteiger partial charge in [-0.2, -0.15) is 0 Å². The molecule has 1 aromatic heterocycles. The van der Waals surface area contributed by atoms with Crippen LogP contribution in [0.1, 0.15) is 28.4 Å². The lowest BCUT2D eigenvalue weighted by Gasteiger charge is -2.34. The van der Waals surface area contributed by atoms with Gasteiger partial charge in [0.2, 0.25) is 0 Å². The highest BCUT2D eigenvalue weighted by molar-refractivity contribution is 7.97. The third-order valence-electron chi connectivity index (χ3n) is 7.22. The van der Waals surface area contributed by atoms with Crippen molar-refractivity contribution < 1.29 is 14.2 Å². The van der Waals surface area contributed by atoms with Crippen LogP contribution in [-0.4, -0.2) is 62.3 Å². The predicted molar refractivity (Wildman–Crippen MR) is 143 cm³/mol. The number of methoxy groups -OCH3 is 1. The van der Waals surface area contributed by atoms with Gasteiger partial charge < -0.3 is 19.1 Å². The summed E-state index contributed by atoms with van der Waals surface area (Å²) in [6.45, 7) is 8.74. The Balaban J connectivity index is 1.47. The number of benzene rings is 2. The minimum atomic E-state index is 0.0112. The fourth-order valence-electron chi connectivity index (χ4n) is 5.22. The maximum absolute atomic E-state index is 13.7. The lowest BCUT2D eigenvalue weighted by molar-refractivity contribution is -0.0100. The number of anilines is 1. The predicted octanol–water partition coefficient (Wildman–Crippen LogP) is 3.19. The van der Waals surface area contributed by atoms with Crippen LogP contribution in [0.2, 0.25) is 0 Å². The van der Waals surface area contributed by atoms with Gasteiger partial charge in [0, 0.05) is 37.3 Å². The zero-order valence-electron chi connectivity index (χ0n) is 21.2. The van der Waals surface area contributed by atoms with Crippen molar-refractivity contribution in [2.75, 3.05) is 51.5 Å². The zero-order chi connectivity index (χ0) is 25.2. The molecule has 5 rings (SSSR count). The number of fused-ring (bicyclic) bond motifs is 1. The molecule has 8 nitrogen and oxygen atoms in total. The number of hydrogen-bond acceptors (Lipinski definition) is 8. The van der Waals surface area contributed by atoms with Gasteiger partial charge in [0.25, 0.3) is 5.56 Å². The molecular formula is C27H34N4O4S. The van der Waals surface area contributed by atoms with Crippen LogP contribution in [0.15, 0.2) is 40.0 Å². The van der Waals surface area contributed by atoms with E-state index in [1.54, 1.807) is 7.11 Å². The number of morpholine rings is 1. The van der Waals surface area contributed by atoms with Gasteiger partial charge in [0.05, 0.1) is 49.4 Å². The van der Waals surface area contributed by atoms with Gasteiger partial charge in [0.1, 0.15) is 5.82 Å². The monoisotopic (exact) mass is 510 g/mol. The van der Waals surface area contributed by atoms with Crippen LogP contribution in [-0.2, 0) is 27.2 Å². The molecule has 3 aromatic rings. The van der Waals surface area contributed by atoms with Crippen molar-refractivity contribution >= 4 is 28.5 Å². The number of aromatic nitrogens is 2. The number of nitrogens with zero attached hydrogens (tertiary/aromatic N) is 3. The summed E-state index contributed by atoms with van der Waals surface area (Å²) in [7, 11) is 1.69. The topological polar surface area (TPSA) is 91.8 Å². The highest BCUT2D eigenvalue weighted by Crippen LogP contribution is 2.27. The summed E-state index contributed by atoms with van der Waals surface area (Å²) in [4.78, 5) is 22.1. The maximum atomic E-state index is 13.7. The molecule has 2 aromatic carbocycles. The van der Waals surface area contributed by atoms with Crippen LogP contribution in [0.5, 0.6) is 0 Å². The van der Waals surface area contributed by atoms with E-state index in [1.165, 1.54) is 28.6 Å². The first kappa shape index (κ1) is 25.2. The second kappa shape index (κ2) is 10.9. The van der Waals surface area contributed by atoms with Crippen molar-refractivity contribution in [1.82, 2.24) is 9.55 Å². The molecule has 9 heteroatoms. The summed E-state index contributed by atoms with van der Waals surface area (Å²) < 4.78 is 18.4. The molecule has 0 bridgehead atoms. The molecular weight excluding hydrogens is 476 g/mol. The van der Waals surface area contributed by atoms with E-state index in [1.807, 2.05) is 22.8 Å². The third kappa shape index (κ3) is 5.03. The lowest BCUT2D eigenvalue weighted by Crippen LogP contribution is -2.44. The average Bonchev–Trinajstić information content (AvgIpc) is 2.84. The van der Waals surface area contributed by atoms with Crippen LogP contribution in [0.4, 0.5) is 5.69 Å². The summed E-state index contributed by atoms with van der Waals surface area (Å²) in [5, 5.41) is 6.41. The first-order chi connectivity index (χ1) is 17.5. The standard InChI is InChI=1S/C27H34N4O4S/c1-17-10-22(36-28)11-18(2)23(17)6-7-31-26(19-14-34-15-19)29-25-12-20(4-5-24(25)27(31)32)30-8-9-35-21(13-30)16-33-3/h4-5,10-12,19,21H,6-9,13-16,28H2,1-3H3. The van der Waals surface area contributed by atoms with Crippen LogP contribution in [0.25, 0.3) is 10.9 Å². The molecule has 2 N–H and O–H groups in total. The van der Waals surface area contributed by atoms with E-state index in [9.17, 15) is 4.79 Å². The van der Waals surface area contributed by atoms with Crippen molar-refractivity contribution in [3.05, 3.63) is 63.2 Å². The molecule has 36 heavy (non-hydrogen) atoms. The van der Waals surface area contributed by atoms with Crippen molar-refractivity contribution in [2.24, 2.45) is 5.14 Å². The summed E-state index contributed by atoms with van der Waals surface area (Å²) in [6, 6.07) is 10.2. The molecule has 2 aliphatic rings. The minimum Gasteiger partial charge on any atom is -0.382 e. The summed E-state index contributed by atoms with van der Waals surface area (Å²) in [5.74, 6) is 0.956. The van der Waals surface area contributed by atoms with Gasteiger partial charge in [-0.3, -0.25) is 14.5 Å². The third-order valence-corrected chi connectivity index (χ3v) is 7.73. The van der Waals surface area contributed by atoms with Crippen molar-refractivity contribution in [1.29, 1.82) is 0 Å². The maximum Gasteiger partial charge on any atom is 0.261 e. The molecule has 2 saturated heterocycles. The number of rotatable bonds is 8. The first-order valence-corrected chi connectivity index (χ1v) is 13.3. The number of ether oxygens (including phenoxy) is 3. The Morgan fingerprint density at radius 1 is 1.19 bits per heavy atom. The molecule has 0 amide bonds. The van der Waals surface area contributed by atoms with E-state index in [-0.39, 0.29) is 17.6 Å². The molecule has 2 fully saturated rings. The Kier molecular flexibility index (Phi) is 7.64. The molecule has 1 unspecified atom stereocenters. The lowest BCUT2D eigenvalue weighted by atomic mass is 9.99. The Morgan fingerprint density at radius 2 is 1.97 bits per heavy atom. The van der Waals surface area contributed by atoms with Gasteiger partial charge in [0.15, 0.2) is 0 Å². The second-order valence-corrected chi connectivity index (χ2v) is 10.4. The van der Waals surface area contributed by atoms with Crippen LogP contribution in [0, 0.1) is 13.8 Å². The molecule has 2 aliphatic heterocycles. The number of aryl methyl sites for hydroxylation is 2. The molecule has 0 spiro atoms. The van der Waals surface area contributed by atoms with Crippen LogP contribution in [0.3, 0.4) is 0 Å². The second-order valence-electron chi connectivity index (χ2n) is 9.66. The van der Waals surface area contributed by atoms with Gasteiger partial charge >= 0.3 is 0 Å². The average molecular weight is 511 g/mol. The SMILES string of the molecule is COCC1CN(c2ccc3c(=O)n(CCc4c(C)cc(SN)cc4C)c(C4COC4)nc3c2)CCO1. The quantitative estimate of drug-likeness (QED) is 0.462. The van der Waals surface area contributed by atoms with E-state index in [0.717, 1.165) is 41.4 Å². The fourth-order valence-corrected chi connectivity index (χ4v) is 5.71. The number of hydrogen-bond donors (Lipinski definition) is 1. The molecule has 3 heterocycles. The van der Waals surface area contributed by atoms with Gasteiger partial charge in [-0.1, -0.05) is 0 Å². The largest absolute Gasteiger partial charge is 0.382 e. The molecule has 0 radical (unpaired) electrons. The Bertz CT molecular complexity index is 1280. The molecule has 0 saturated carbocycles. The van der Waals surface area contributed by atoms with Crippen molar-refractivity contribution in [3.8, 4) is 0 Å². The summed E-state index contributed by atoms with van der Waals surface area (Å²) in [5.41, 5.74) is 5.44. The molecule has 1 atom stereocenters. The van der Waals surface area contributed by atoms with E-state index in [2.05, 4.69) is 30.9 Å². The van der Waals surface area contributed by atoms with Crippen LogP contribution >= 0.6 is 11.9 Å². The van der Waals surface area contributed by atoms with Gasteiger partial charge in [-0.25, -0.2) is 4.98 Å². The normalized spacial score (nSPS) is 18.6. The minimum absolute atomic E-state index is 0.0112. The zero-order valence-corrected chi connectivity index (χ0v) is 22.0. The Labute approximate surface area is 215 Å². The van der Waals surface area contributed by atoms with Gasteiger partial charge in [-0.15, -0.1) is 0 Å². The van der Waals surface area contributed by atoms with Crippen LogP contribution < -0.4 is 15.6 Å². The highest BCUT2D eigenvalue weighted by atomic mass is 32.2. The van der Waals surface area contributed by atoms with E-state index < -0.39 is 0 Å². The first-order valence-electron chi connectivity index (χ1n) is 12.4. The fraction of sp³-hybridized carbons (Fsp3) is 0.481. The van der Waals surface area contributed by atoms with Gasteiger partial charge in [-0.05, 0) is 79.2 Å². The van der Waals surface area contributed by atoms with Crippen molar-refractivity contribution in [2.45, 2.75) is 43.7 Å². The Morgan fingerprint density at radius 3 is 2.64 bits per heavy atom. The summed E-state index contributed by atoms with van der Waals surface area (Å²) >= 11 is 1.26. The summed E-state index contributed by atoms with van der Waals surface area (Å²) in [6.07, 6.45) is 0.792. The molecule has 0 aliphatic carbocycles. The smallest absolute Gasteiger partial charge is 0.261 e. The van der Waals surface area contributed by atoms with E-state index in [0.29, 0.717) is 38.4 Å². The van der Waals surface area contributed by atoms with E-state index in [4.69, 9.17) is 24.3 Å². The highest BCUT2D eigenvalue weighted by Gasteiger charge is 2.27. The Hall–Kier alpha value is -2.43.